The summed E-state index contributed by atoms with van der Waals surface area (Å²) in [6.07, 6.45) is -0.488. The molecule has 2 aromatic rings. The number of carbonyl (C=O) groups is 1. The highest BCUT2D eigenvalue weighted by Crippen LogP contribution is 2.24. The van der Waals surface area contributed by atoms with Crippen LogP contribution in [0.25, 0.3) is 0 Å². The van der Waals surface area contributed by atoms with E-state index in [-0.39, 0.29) is 18.1 Å². The molecule has 1 atom stereocenters. The lowest BCUT2D eigenvalue weighted by Gasteiger charge is -2.16. The van der Waals surface area contributed by atoms with Gasteiger partial charge in [0.2, 0.25) is 6.10 Å². The van der Waals surface area contributed by atoms with E-state index >= 15 is 0 Å². The number of hydrogen-bond acceptors (Lipinski definition) is 4. The molecule has 3 rings (SSSR count). The molecule has 0 bridgehead atoms. The van der Waals surface area contributed by atoms with Crippen LogP contribution in [0.5, 0.6) is 0 Å². The van der Waals surface area contributed by atoms with Gasteiger partial charge in [0.1, 0.15) is 5.82 Å². The second-order valence-electron chi connectivity index (χ2n) is 6.65. The molecule has 5 nitrogen and oxygen atoms in total. The fourth-order valence-corrected chi connectivity index (χ4v) is 2.61. The van der Waals surface area contributed by atoms with E-state index < -0.39 is 11.5 Å². The number of nitriles is 1. The van der Waals surface area contributed by atoms with Crippen LogP contribution < -0.4 is 5.32 Å². The van der Waals surface area contributed by atoms with Crippen LogP contribution in [-0.4, -0.2) is 17.7 Å². The summed E-state index contributed by atoms with van der Waals surface area (Å²) in [5, 5.41) is 15.8. The van der Waals surface area contributed by atoms with Gasteiger partial charge in [-0.2, -0.15) is 5.26 Å². The van der Waals surface area contributed by atoms with Gasteiger partial charge in [-0.25, -0.2) is 4.39 Å². The maximum Gasteiger partial charge on any atom is 0.268 e. The number of oxime groups is 1. The van der Waals surface area contributed by atoms with Crippen LogP contribution in [0.2, 0.25) is 0 Å². The minimum Gasteiger partial charge on any atom is -0.382 e. The minimum atomic E-state index is -0.761. The molecule has 132 valence electrons. The minimum absolute atomic E-state index is 0.273. The first-order valence-electron chi connectivity index (χ1n) is 8.20. The topological polar surface area (TPSA) is 74.5 Å². The molecule has 0 spiro atoms. The van der Waals surface area contributed by atoms with Crippen molar-refractivity contribution in [3.8, 4) is 6.07 Å². The predicted molar refractivity (Wildman–Crippen MR) is 96.1 cm³/mol. The lowest BCUT2D eigenvalue weighted by molar-refractivity contribution is -0.125. The smallest absolute Gasteiger partial charge is 0.268 e. The van der Waals surface area contributed by atoms with Crippen molar-refractivity contribution < 1.29 is 14.0 Å². The summed E-state index contributed by atoms with van der Waals surface area (Å²) in [6, 6.07) is 15.4. The molecule has 6 heteroatoms. The molecule has 1 heterocycles. The first kappa shape index (κ1) is 17.6. The Kier molecular flexibility index (Phi) is 4.72. The fourth-order valence-electron chi connectivity index (χ4n) is 2.61. The number of amides is 1. The van der Waals surface area contributed by atoms with Gasteiger partial charge in [-0.1, -0.05) is 29.4 Å². The Hall–Kier alpha value is -3.20. The Labute approximate surface area is 151 Å². The summed E-state index contributed by atoms with van der Waals surface area (Å²) in [5.74, 6) is -0.689. The Balaban J connectivity index is 1.62. The van der Waals surface area contributed by atoms with E-state index in [4.69, 9.17) is 10.1 Å². The molecule has 1 N–H and O–H groups in total. The van der Waals surface area contributed by atoms with E-state index in [1.807, 2.05) is 26.0 Å². The first-order chi connectivity index (χ1) is 12.4. The van der Waals surface area contributed by atoms with Crippen molar-refractivity contribution in [3.05, 3.63) is 65.5 Å². The Morgan fingerprint density at radius 1 is 1.31 bits per heavy atom. The van der Waals surface area contributed by atoms with E-state index in [1.165, 1.54) is 12.1 Å². The third-order valence-corrected chi connectivity index (χ3v) is 4.27. The largest absolute Gasteiger partial charge is 0.382 e. The molecular formula is C20H18FN3O2. The molecule has 26 heavy (non-hydrogen) atoms. The van der Waals surface area contributed by atoms with Crippen LogP contribution in [0.1, 0.15) is 31.4 Å². The van der Waals surface area contributed by atoms with Gasteiger partial charge in [-0.3, -0.25) is 4.79 Å². The van der Waals surface area contributed by atoms with Crippen molar-refractivity contribution in [1.82, 2.24) is 0 Å². The van der Waals surface area contributed by atoms with Gasteiger partial charge in [0.25, 0.3) is 5.91 Å². The maximum atomic E-state index is 13.3. The van der Waals surface area contributed by atoms with E-state index in [2.05, 4.69) is 16.5 Å². The third kappa shape index (κ3) is 3.72. The van der Waals surface area contributed by atoms with Gasteiger partial charge in [-0.15, -0.1) is 0 Å². The summed E-state index contributed by atoms with van der Waals surface area (Å²) in [7, 11) is 0. The summed E-state index contributed by atoms with van der Waals surface area (Å²) in [4.78, 5) is 17.6. The lowest BCUT2D eigenvalue weighted by Crippen LogP contribution is -2.28. The number of carbonyl (C=O) groups excluding carboxylic acids is 1. The van der Waals surface area contributed by atoms with Crippen molar-refractivity contribution in [2.45, 2.75) is 31.8 Å². The van der Waals surface area contributed by atoms with Crippen LogP contribution in [0, 0.1) is 17.1 Å². The summed E-state index contributed by atoms with van der Waals surface area (Å²) >= 11 is 0. The molecule has 1 amide bonds. The number of halogens is 1. The van der Waals surface area contributed by atoms with Crippen molar-refractivity contribution >= 4 is 17.3 Å². The summed E-state index contributed by atoms with van der Waals surface area (Å²) < 4.78 is 13.3. The van der Waals surface area contributed by atoms with Gasteiger partial charge >= 0.3 is 0 Å². The molecule has 2 aromatic carbocycles. The standard InChI is InChI=1S/C20H18FN3O2/c1-20(2,12-22)14-6-8-16(9-7-14)23-19(25)18-11-17(24-26-18)13-4-3-5-15(21)10-13/h3-10,18H,11H2,1-2H3,(H,23,25). The maximum absolute atomic E-state index is 13.3. The molecule has 0 fully saturated rings. The molecule has 0 radical (unpaired) electrons. The van der Waals surface area contributed by atoms with Crippen molar-refractivity contribution in [1.29, 1.82) is 5.26 Å². The van der Waals surface area contributed by atoms with E-state index in [0.29, 0.717) is 17.0 Å². The molecule has 0 saturated heterocycles. The highest BCUT2D eigenvalue weighted by molar-refractivity contribution is 6.06. The zero-order valence-corrected chi connectivity index (χ0v) is 14.5. The second-order valence-corrected chi connectivity index (χ2v) is 6.65. The molecule has 1 unspecified atom stereocenters. The normalized spacial score (nSPS) is 16.4. The van der Waals surface area contributed by atoms with Crippen LogP contribution in [0.15, 0.2) is 53.7 Å². The fraction of sp³-hybridized carbons (Fsp3) is 0.250. The van der Waals surface area contributed by atoms with Gasteiger partial charge in [0.15, 0.2) is 0 Å². The van der Waals surface area contributed by atoms with Crippen molar-refractivity contribution in [2.75, 3.05) is 5.32 Å². The molecule has 1 aliphatic rings. The quantitative estimate of drug-likeness (QED) is 0.911. The molecule has 1 aliphatic heterocycles. The number of nitrogens with one attached hydrogen (secondary N) is 1. The van der Waals surface area contributed by atoms with Gasteiger partial charge in [0.05, 0.1) is 17.2 Å². The summed E-state index contributed by atoms with van der Waals surface area (Å²) in [6.45, 7) is 3.66. The van der Waals surface area contributed by atoms with Crippen LogP contribution >= 0.6 is 0 Å². The molecule has 0 aromatic heterocycles. The van der Waals surface area contributed by atoms with Crippen molar-refractivity contribution in [2.24, 2.45) is 5.16 Å². The van der Waals surface area contributed by atoms with E-state index in [0.717, 1.165) is 5.56 Å². The molecular weight excluding hydrogens is 333 g/mol. The van der Waals surface area contributed by atoms with Crippen LogP contribution in [0.3, 0.4) is 0 Å². The van der Waals surface area contributed by atoms with Gasteiger partial charge < -0.3 is 10.2 Å². The highest BCUT2D eigenvalue weighted by atomic mass is 19.1. The van der Waals surface area contributed by atoms with Gasteiger partial charge in [0, 0.05) is 17.7 Å². The number of benzene rings is 2. The Bertz CT molecular complexity index is 898. The average molecular weight is 351 g/mol. The number of anilines is 1. The highest BCUT2D eigenvalue weighted by Gasteiger charge is 2.29. The lowest BCUT2D eigenvalue weighted by atomic mass is 9.86. The zero-order valence-electron chi connectivity index (χ0n) is 14.5. The Morgan fingerprint density at radius 2 is 2.04 bits per heavy atom. The van der Waals surface area contributed by atoms with E-state index in [9.17, 15) is 9.18 Å². The second kappa shape index (κ2) is 6.96. The third-order valence-electron chi connectivity index (χ3n) is 4.27. The van der Waals surface area contributed by atoms with Crippen LogP contribution in [-0.2, 0) is 15.0 Å². The zero-order chi connectivity index (χ0) is 18.7. The molecule has 0 aliphatic carbocycles. The van der Waals surface area contributed by atoms with Gasteiger partial charge in [-0.05, 0) is 43.7 Å². The number of rotatable bonds is 4. The SMILES string of the molecule is CC(C)(C#N)c1ccc(NC(=O)C2CC(c3cccc(F)c3)=NO2)cc1. The monoisotopic (exact) mass is 351 g/mol. The predicted octanol–water partition coefficient (Wildman–Crippen LogP) is 3.76. The average Bonchev–Trinajstić information content (AvgIpc) is 3.12. The molecule has 0 saturated carbocycles. The van der Waals surface area contributed by atoms with E-state index in [1.54, 1.807) is 24.3 Å². The van der Waals surface area contributed by atoms with Crippen molar-refractivity contribution in [3.63, 3.8) is 0 Å². The number of nitrogens with zero attached hydrogens (tertiary/aromatic N) is 2. The summed E-state index contributed by atoms with van der Waals surface area (Å²) in [5.41, 5.74) is 2.02. The number of hydrogen-bond donors (Lipinski definition) is 1. The first-order valence-corrected chi connectivity index (χ1v) is 8.20. The van der Waals surface area contributed by atoms with Crippen LogP contribution in [0.4, 0.5) is 10.1 Å². The Morgan fingerprint density at radius 3 is 2.69 bits per heavy atom.